The zero-order chi connectivity index (χ0) is 20.8. The van der Waals surface area contributed by atoms with Crippen LogP contribution in [-0.4, -0.2) is 35.6 Å². The maximum Gasteiger partial charge on any atom is 0.408 e. The van der Waals surface area contributed by atoms with Gasteiger partial charge in [0.1, 0.15) is 11.6 Å². The first kappa shape index (κ1) is 22.5. The molecule has 27 heavy (non-hydrogen) atoms. The van der Waals surface area contributed by atoms with E-state index in [1.165, 1.54) is 20.8 Å². The Hall–Kier alpha value is -2.58. The van der Waals surface area contributed by atoms with E-state index in [0.717, 1.165) is 0 Å². The van der Waals surface area contributed by atoms with Crippen molar-refractivity contribution in [2.75, 3.05) is 0 Å². The Bertz CT molecular complexity index is 669. The molecule has 1 aromatic rings. The molecule has 2 atom stereocenters. The van der Waals surface area contributed by atoms with Crippen molar-refractivity contribution in [3.8, 4) is 0 Å². The van der Waals surface area contributed by atoms with Gasteiger partial charge in [0.15, 0.2) is 0 Å². The van der Waals surface area contributed by atoms with E-state index in [2.05, 4.69) is 5.32 Å². The standard InChI is InChI=1S/C18H23F3N2O4/c1-11(12-8-6-5-7-9-12)22-15(25)14(24)13(10-18(19,20)21)23-16(26)27-17(2,3)4/h5-9,11,13H,10H2,1-4H3,(H,22,25)(H,23,26)/t11-,13?/m0/s1. The molecule has 0 saturated heterocycles. The summed E-state index contributed by atoms with van der Waals surface area (Å²) >= 11 is 0. The fourth-order valence-corrected chi connectivity index (χ4v) is 2.14. The number of nitrogens with one attached hydrogen (secondary N) is 2. The topological polar surface area (TPSA) is 84.5 Å². The van der Waals surface area contributed by atoms with Gasteiger partial charge >= 0.3 is 12.3 Å². The minimum Gasteiger partial charge on any atom is -0.444 e. The Morgan fingerprint density at radius 2 is 1.59 bits per heavy atom. The number of alkyl halides is 3. The molecule has 150 valence electrons. The molecule has 2 amide bonds. The summed E-state index contributed by atoms with van der Waals surface area (Å²) in [7, 11) is 0. The van der Waals surface area contributed by atoms with E-state index < -0.39 is 48.1 Å². The lowest BCUT2D eigenvalue weighted by Crippen LogP contribution is -2.50. The van der Waals surface area contributed by atoms with Gasteiger partial charge in [0.25, 0.3) is 5.91 Å². The zero-order valence-corrected chi connectivity index (χ0v) is 15.5. The van der Waals surface area contributed by atoms with Crippen LogP contribution >= 0.6 is 0 Å². The summed E-state index contributed by atoms with van der Waals surface area (Å²) in [6.07, 6.45) is -7.66. The minimum atomic E-state index is -4.76. The number of carbonyl (C=O) groups is 3. The molecule has 0 aliphatic heterocycles. The number of carbonyl (C=O) groups excluding carboxylic acids is 3. The van der Waals surface area contributed by atoms with E-state index in [-0.39, 0.29) is 0 Å². The number of benzene rings is 1. The highest BCUT2D eigenvalue weighted by molar-refractivity contribution is 6.38. The monoisotopic (exact) mass is 388 g/mol. The van der Waals surface area contributed by atoms with E-state index in [1.54, 1.807) is 37.3 Å². The molecule has 0 bridgehead atoms. The fraction of sp³-hybridized carbons (Fsp3) is 0.500. The molecule has 1 rings (SSSR count). The molecule has 0 aliphatic rings. The summed E-state index contributed by atoms with van der Waals surface area (Å²) in [4.78, 5) is 36.0. The number of amides is 2. The largest absolute Gasteiger partial charge is 0.444 e. The van der Waals surface area contributed by atoms with Crippen LogP contribution in [0.3, 0.4) is 0 Å². The number of ether oxygens (including phenoxy) is 1. The van der Waals surface area contributed by atoms with Crippen molar-refractivity contribution in [3.05, 3.63) is 35.9 Å². The molecule has 0 aromatic heterocycles. The fourth-order valence-electron chi connectivity index (χ4n) is 2.14. The lowest BCUT2D eigenvalue weighted by molar-refractivity contribution is -0.152. The third kappa shape index (κ3) is 8.57. The van der Waals surface area contributed by atoms with Crippen LogP contribution in [0, 0.1) is 0 Å². The van der Waals surface area contributed by atoms with Crippen LogP contribution in [0.1, 0.15) is 45.7 Å². The second-order valence-corrected chi connectivity index (χ2v) is 6.99. The summed E-state index contributed by atoms with van der Waals surface area (Å²) in [5.41, 5.74) is -0.300. The van der Waals surface area contributed by atoms with Gasteiger partial charge in [0.05, 0.1) is 12.5 Å². The van der Waals surface area contributed by atoms with Crippen LogP contribution in [0.25, 0.3) is 0 Å². The Kier molecular flexibility index (Phi) is 7.38. The van der Waals surface area contributed by atoms with Gasteiger partial charge in [0, 0.05) is 0 Å². The third-order valence-corrected chi connectivity index (χ3v) is 3.31. The van der Waals surface area contributed by atoms with Crippen molar-refractivity contribution in [2.24, 2.45) is 0 Å². The first-order valence-corrected chi connectivity index (χ1v) is 8.24. The molecule has 0 aliphatic carbocycles. The lowest BCUT2D eigenvalue weighted by atomic mass is 10.1. The van der Waals surface area contributed by atoms with Crippen molar-refractivity contribution in [2.45, 2.75) is 58.0 Å². The van der Waals surface area contributed by atoms with Crippen LogP contribution in [-0.2, 0) is 14.3 Å². The number of hydrogen-bond donors (Lipinski definition) is 2. The van der Waals surface area contributed by atoms with Crippen LogP contribution < -0.4 is 10.6 Å². The molecule has 0 saturated carbocycles. The van der Waals surface area contributed by atoms with Gasteiger partial charge in [-0.1, -0.05) is 30.3 Å². The minimum absolute atomic E-state index is 0.601. The lowest BCUT2D eigenvalue weighted by Gasteiger charge is -2.24. The predicted octanol–water partition coefficient (Wildman–Crippen LogP) is 3.28. The quantitative estimate of drug-likeness (QED) is 0.733. The van der Waals surface area contributed by atoms with E-state index in [0.29, 0.717) is 5.56 Å². The van der Waals surface area contributed by atoms with E-state index in [9.17, 15) is 27.6 Å². The third-order valence-electron chi connectivity index (χ3n) is 3.31. The van der Waals surface area contributed by atoms with Crippen molar-refractivity contribution in [3.63, 3.8) is 0 Å². The molecule has 2 N–H and O–H groups in total. The van der Waals surface area contributed by atoms with Crippen molar-refractivity contribution in [1.82, 2.24) is 10.6 Å². The highest BCUT2D eigenvalue weighted by Gasteiger charge is 2.39. The number of Topliss-reactive ketones (excluding diaryl/α,β-unsaturated/α-hetero) is 1. The van der Waals surface area contributed by atoms with Crippen LogP contribution in [0.5, 0.6) is 0 Å². The number of ketones is 1. The maximum atomic E-state index is 12.8. The second kappa shape index (κ2) is 8.88. The SMILES string of the molecule is C[C@H](NC(=O)C(=O)C(CC(F)(F)F)NC(=O)OC(C)(C)C)c1ccccc1. The molecule has 1 aromatic carbocycles. The molecule has 0 radical (unpaired) electrons. The average Bonchev–Trinajstić information content (AvgIpc) is 2.51. The Morgan fingerprint density at radius 1 is 1.04 bits per heavy atom. The van der Waals surface area contributed by atoms with Gasteiger partial charge in [-0.3, -0.25) is 9.59 Å². The molecular weight excluding hydrogens is 365 g/mol. The second-order valence-electron chi connectivity index (χ2n) is 6.99. The molecule has 0 spiro atoms. The van der Waals surface area contributed by atoms with Crippen molar-refractivity contribution < 1.29 is 32.3 Å². The van der Waals surface area contributed by atoms with Gasteiger partial charge < -0.3 is 15.4 Å². The molecular formula is C18H23F3N2O4. The smallest absolute Gasteiger partial charge is 0.408 e. The van der Waals surface area contributed by atoms with Crippen LogP contribution in [0.2, 0.25) is 0 Å². The molecule has 9 heteroatoms. The van der Waals surface area contributed by atoms with E-state index >= 15 is 0 Å². The number of halogens is 3. The van der Waals surface area contributed by atoms with Gasteiger partial charge in [0.2, 0.25) is 5.78 Å². The van der Waals surface area contributed by atoms with Gasteiger partial charge in [-0.2, -0.15) is 13.2 Å². The number of rotatable bonds is 6. The molecule has 1 unspecified atom stereocenters. The first-order valence-electron chi connectivity index (χ1n) is 8.24. The molecule has 0 heterocycles. The van der Waals surface area contributed by atoms with Crippen molar-refractivity contribution in [1.29, 1.82) is 0 Å². The van der Waals surface area contributed by atoms with E-state index in [1.807, 2.05) is 5.32 Å². The average molecular weight is 388 g/mol. The maximum absolute atomic E-state index is 12.8. The summed E-state index contributed by atoms with van der Waals surface area (Å²) < 4.78 is 43.2. The first-order chi connectivity index (χ1) is 12.3. The summed E-state index contributed by atoms with van der Waals surface area (Å²) in [6, 6.07) is 5.90. The molecule has 6 nitrogen and oxygen atoms in total. The Balaban J connectivity index is 2.85. The van der Waals surface area contributed by atoms with Gasteiger partial charge in [-0.25, -0.2) is 4.79 Å². The predicted molar refractivity (Wildman–Crippen MR) is 91.8 cm³/mol. The van der Waals surface area contributed by atoms with Gasteiger partial charge in [-0.05, 0) is 33.3 Å². The highest BCUT2D eigenvalue weighted by atomic mass is 19.4. The Morgan fingerprint density at radius 3 is 2.07 bits per heavy atom. The van der Waals surface area contributed by atoms with E-state index in [4.69, 9.17) is 4.74 Å². The number of alkyl carbamates (subject to hydrolysis) is 1. The summed E-state index contributed by atoms with van der Waals surface area (Å²) in [5.74, 6) is -2.63. The summed E-state index contributed by atoms with van der Waals surface area (Å²) in [5, 5.41) is 4.17. The highest BCUT2D eigenvalue weighted by Crippen LogP contribution is 2.22. The Labute approximate surface area is 155 Å². The van der Waals surface area contributed by atoms with Gasteiger partial charge in [-0.15, -0.1) is 0 Å². The van der Waals surface area contributed by atoms with Crippen LogP contribution in [0.15, 0.2) is 30.3 Å². The normalized spacial score (nSPS) is 14.0. The molecule has 0 fully saturated rings. The zero-order valence-electron chi connectivity index (χ0n) is 15.5. The summed E-state index contributed by atoms with van der Waals surface area (Å²) in [6.45, 7) is 6.13. The number of hydrogen-bond acceptors (Lipinski definition) is 4. The van der Waals surface area contributed by atoms with Crippen LogP contribution in [0.4, 0.5) is 18.0 Å². The van der Waals surface area contributed by atoms with Crippen molar-refractivity contribution >= 4 is 17.8 Å².